The summed E-state index contributed by atoms with van der Waals surface area (Å²) < 4.78 is 73.7. The second kappa shape index (κ2) is 19.3. The number of benzene rings is 2. The second-order valence-corrected chi connectivity index (χ2v) is 19.7. The molecule has 2 aliphatic rings. The van der Waals surface area contributed by atoms with Crippen LogP contribution in [0.3, 0.4) is 0 Å². The predicted octanol–water partition coefficient (Wildman–Crippen LogP) is 14.2. The molecule has 332 valence electrons. The maximum Gasteiger partial charge on any atom is 0.401 e. The highest BCUT2D eigenvalue weighted by Gasteiger charge is 2.38. The third kappa shape index (κ3) is 11.1. The summed E-state index contributed by atoms with van der Waals surface area (Å²) in [6, 6.07) is 21.3. The highest BCUT2D eigenvalue weighted by Crippen LogP contribution is 2.42. The highest BCUT2D eigenvalue weighted by molar-refractivity contribution is 7.19. The molecule has 0 spiro atoms. The topological polar surface area (TPSA) is 90.9 Å². The lowest BCUT2D eigenvalue weighted by Crippen LogP contribution is -2.46. The van der Waals surface area contributed by atoms with Gasteiger partial charge >= 0.3 is 12.4 Å². The Morgan fingerprint density at radius 2 is 1.21 bits per heavy atom. The summed E-state index contributed by atoms with van der Waals surface area (Å²) in [5, 5.41) is 12.9. The van der Waals surface area contributed by atoms with Crippen LogP contribution in [0.4, 0.5) is 49.1 Å². The van der Waals surface area contributed by atoms with Gasteiger partial charge in [-0.15, -0.1) is 45.3 Å². The van der Waals surface area contributed by atoms with Crippen LogP contribution in [0.5, 0.6) is 0 Å². The van der Waals surface area contributed by atoms with Gasteiger partial charge in [0.05, 0.1) is 49.4 Å². The van der Waals surface area contributed by atoms with E-state index in [0.717, 1.165) is 84.7 Å². The quantitative estimate of drug-likeness (QED) is 0.136. The monoisotopic (exact) mass is 940 g/mol. The first-order chi connectivity index (χ1) is 30.2. The Hall–Kier alpha value is -4.46. The first kappa shape index (κ1) is 45.1. The van der Waals surface area contributed by atoms with Crippen LogP contribution in [0.25, 0.3) is 40.9 Å². The van der Waals surface area contributed by atoms with Crippen LogP contribution in [-0.4, -0.2) is 68.9 Å². The van der Waals surface area contributed by atoms with E-state index >= 15 is 0 Å². The van der Waals surface area contributed by atoms with Gasteiger partial charge in [0.25, 0.3) is 0 Å². The smallest absolute Gasteiger partial charge is 0.355 e. The van der Waals surface area contributed by atoms with Gasteiger partial charge in [0, 0.05) is 74.6 Å². The first-order valence-electron chi connectivity index (χ1n) is 20.8. The number of thiazole rings is 2. The number of aromatic nitrogens is 4. The minimum absolute atomic E-state index is 0.0782. The van der Waals surface area contributed by atoms with Crippen molar-refractivity contribution in [2.45, 2.75) is 89.1 Å². The van der Waals surface area contributed by atoms with Gasteiger partial charge < -0.3 is 16.0 Å². The number of thiophene rings is 2. The van der Waals surface area contributed by atoms with E-state index in [2.05, 4.69) is 79.2 Å². The van der Waals surface area contributed by atoms with Gasteiger partial charge in [0.2, 0.25) is 0 Å². The zero-order chi connectivity index (χ0) is 44.3. The third-order valence-electron chi connectivity index (χ3n) is 11.5. The van der Waals surface area contributed by atoms with Crippen LogP contribution in [0, 0.1) is 0 Å². The number of pyridine rings is 2. The van der Waals surface area contributed by atoms with E-state index in [1.165, 1.54) is 27.8 Å². The summed E-state index contributed by atoms with van der Waals surface area (Å²) in [5.74, 6) is 0.664. The first-order valence-corrected chi connectivity index (χ1v) is 24.2. The van der Waals surface area contributed by atoms with Crippen molar-refractivity contribution in [1.82, 2.24) is 30.2 Å². The fraction of sp³-hybridized carbons (Fsp3) is 0.378. The van der Waals surface area contributed by atoms with Gasteiger partial charge in [0.1, 0.15) is 9.66 Å². The number of fused-ring (bicyclic) bond motifs is 4. The number of hydrogen-bond acceptors (Lipinski definition) is 12. The molecule has 6 aromatic heterocycles. The Balaban J connectivity index is 0.000000155. The Morgan fingerprint density at radius 1 is 0.683 bits per heavy atom. The number of rotatable bonds is 7. The molecule has 0 bridgehead atoms. The van der Waals surface area contributed by atoms with Crippen LogP contribution in [0.1, 0.15) is 74.5 Å². The summed E-state index contributed by atoms with van der Waals surface area (Å²) in [6.07, 6.45) is -1.03. The van der Waals surface area contributed by atoms with Crippen molar-refractivity contribution < 1.29 is 26.3 Å². The SMILES string of the molecule is CC1C(c2cc3c(Nc4ccc5scnc5c4)ccnc3s2)CCCN1CC(F)(F)F.CC1NCCCC1c1cc2c(Nc3ccc4scnc4c3)ccnc2s1.CCC(F)(F)F. The van der Waals surface area contributed by atoms with Gasteiger partial charge in [-0.05, 0) is 113 Å². The molecule has 4 atom stereocenters. The van der Waals surface area contributed by atoms with Crippen molar-refractivity contribution in [1.29, 1.82) is 0 Å². The molecular formula is C45H46F6N8S4. The van der Waals surface area contributed by atoms with Crippen molar-refractivity contribution in [3.05, 3.63) is 93.8 Å². The number of nitrogens with one attached hydrogen (secondary N) is 3. The van der Waals surface area contributed by atoms with Crippen LogP contribution >= 0.6 is 45.3 Å². The molecule has 8 heterocycles. The molecule has 0 aliphatic carbocycles. The molecule has 0 radical (unpaired) electrons. The molecule has 3 N–H and O–H groups in total. The second-order valence-electron chi connectivity index (χ2n) is 15.8. The standard InChI is InChI=1S/C22H21F3N4S2.C20H20N4S2.C3H5F3/c1-13-15(3-2-8-29(13)11-22(23,24)25)20-10-16-17(6-7-26-21(16)31-20)28-14-4-5-19-18(9-14)27-12-30-19;1-12-14(3-2-7-21-12)19-10-15-16(6-8-22-20(15)26-19)24-13-4-5-18-17(9-13)23-11-25-18;1-2-3(4,5)6/h4-7,9-10,12-13,15H,2-3,8,11H2,1H3,(H,26,28);4-6,8-12,14,21H,2-3,7H2,1H3,(H,22,24);2H2,1H3. The maximum atomic E-state index is 13.0. The van der Waals surface area contributed by atoms with E-state index in [0.29, 0.717) is 18.5 Å². The van der Waals surface area contributed by atoms with Crippen molar-refractivity contribution >= 4 is 109 Å². The van der Waals surface area contributed by atoms with Gasteiger partial charge in [-0.25, -0.2) is 19.9 Å². The number of nitrogens with zero attached hydrogens (tertiary/aromatic N) is 5. The van der Waals surface area contributed by atoms with Gasteiger partial charge in [0.15, 0.2) is 0 Å². The van der Waals surface area contributed by atoms with E-state index in [1.807, 2.05) is 59.7 Å². The molecule has 2 fully saturated rings. The summed E-state index contributed by atoms with van der Waals surface area (Å²) in [4.78, 5) is 24.0. The lowest BCUT2D eigenvalue weighted by atomic mass is 9.88. The third-order valence-corrected chi connectivity index (χ3v) is 15.5. The van der Waals surface area contributed by atoms with Crippen molar-refractivity contribution in [3.63, 3.8) is 0 Å². The summed E-state index contributed by atoms with van der Waals surface area (Å²) in [5.41, 5.74) is 9.78. The molecule has 18 heteroatoms. The lowest BCUT2D eigenvalue weighted by Gasteiger charge is -2.39. The average molecular weight is 941 g/mol. The van der Waals surface area contributed by atoms with Crippen LogP contribution in [0.2, 0.25) is 0 Å². The molecule has 4 unspecified atom stereocenters. The van der Waals surface area contributed by atoms with E-state index in [4.69, 9.17) is 0 Å². The Kier molecular flexibility index (Phi) is 13.8. The number of halogens is 6. The summed E-state index contributed by atoms with van der Waals surface area (Å²) >= 11 is 6.70. The minimum Gasteiger partial charge on any atom is -0.355 e. The normalized spacial score (nSPS) is 19.8. The van der Waals surface area contributed by atoms with Gasteiger partial charge in [-0.2, -0.15) is 26.3 Å². The molecule has 8 nitrogen and oxygen atoms in total. The number of alkyl halides is 6. The van der Waals surface area contributed by atoms with Gasteiger partial charge in [-0.3, -0.25) is 4.90 Å². The zero-order valence-corrected chi connectivity index (χ0v) is 38.0. The molecule has 2 saturated heterocycles. The van der Waals surface area contributed by atoms with E-state index in [1.54, 1.807) is 45.1 Å². The Morgan fingerprint density at radius 3 is 1.71 bits per heavy atom. The average Bonchev–Trinajstić information content (AvgIpc) is 4.08. The summed E-state index contributed by atoms with van der Waals surface area (Å²) in [7, 11) is 0. The number of piperidine rings is 2. The van der Waals surface area contributed by atoms with Crippen molar-refractivity contribution in [2.75, 3.05) is 30.3 Å². The molecular weight excluding hydrogens is 895 g/mol. The van der Waals surface area contributed by atoms with Crippen LogP contribution in [0.15, 0.2) is 84.1 Å². The van der Waals surface area contributed by atoms with E-state index < -0.39 is 25.3 Å². The summed E-state index contributed by atoms with van der Waals surface area (Å²) in [6.45, 7) is 6.07. The molecule has 8 aromatic rings. The highest BCUT2D eigenvalue weighted by atomic mass is 32.1. The molecule has 0 saturated carbocycles. The lowest BCUT2D eigenvalue weighted by molar-refractivity contribution is -0.153. The predicted molar refractivity (Wildman–Crippen MR) is 250 cm³/mol. The fourth-order valence-corrected chi connectivity index (χ4v) is 12.0. The maximum absolute atomic E-state index is 13.0. The minimum atomic E-state index is -4.17. The van der Waals surface area contributed by atoms with E-state index in [9.17, 15) is 26.3 Å². The fourth-order valence-electron chi connectivity index (χ4n) is 8.16. The molecule has 63 heavy (non-hydrogen) atoms. The van der Waals surface area contributed by atoms with E-state index in [-0.39, 0.29) is 12.0 Å². The Labute approximate surface area is 376 Å². The largest absolute Gasteiger partial charge is 0.401 e. The number of hydrogen-bond donors (Lipinski definition) is 3. The number of likely N-dealkylation sites (tertiary alicyclic amines) is 1. The number of anilines is 4. The van der Waals surface area contributed by atoms with Gasteiger partial charge in [-0.1, -0.05) is 6.92 Å². The Bertz CT molecular complexity index is 2780. The molecule has 0 amide bonds. The zero-order valence-electron chi connectivity index (χ0n) is 34.7. The van der Waals surface area contributed by atoms with Crippen LogP contribution in [-0.2, 0) is 0 Å². The molecule has 2 aromatic carbocycles. The van der Waals surface area contributed by atoms with Crippen molar-refractivity contribution in [2.24, 2.45) is 0 Å². The van der Waals surface area contributed by atoms with Crippen molar-refractivity contribution in [3.8, 4) is 0 Å². The van der Waals surface area contributed by atoms with Crippen LogP contribution < -0.4 is 16.0 Å². The molecule has 10 rings (SSSR count). The molecule has 2 aliphatic heterocycles.